The summed E-state index contributed by atoms with van der Waals surface area (Å²) < 4.78 is 0. The molecular weight excluding hydrogens is 232 g/mol. The van der Waals surface area contributed by atoms with Crippen molar-refractivity contribution < 1.29 is 0 Å². The Morgan fingerprint density at radius 3 is 2.68 bits per heavy atom. The molecule has 0 aromatic heterocycles. The minimum Gasteiger partial charge on any atom is -0.370 e. The summed E-state index contributed by atoms with van der Waals surface area (Å²) >= 11 is 0. The van der Waals surface area contributed by atoms with Crippen LogP contribution in [0.1, 0.15) is 19.8 Å². The van der Waals surface area contributed by atoms with E-state index in [2.05, 4.69) is 59.6 Å². The first kappa shape index (κ1) is 12.5. The molecule has 0 saturated heterocycles. The van der Waals surface area contributed by atoms with Crippen molar-refractivity contribution in [2.24, 2.45) is 0 Å². The molecule has 3 rings (SSSR count). The van der Waals surface area contributed by atoms with Gasteiger partial charge in [-0.25, -0.2) is 0 Å². The molecule has 2 heteroatoms. The van der Waals surface area contributed by atoms with Gasteiger partial charge in [-0.3, -0.25) is 0 Å². The van der Waals surface area contributed by atoms with Crippen LogP contribution in [0.4, 0.5) is 5.69 Å². The van der Waals surface area contributed by atoms with Crippen LogP contribution in [0.2, 0.25) is 0 Å². The number of nitrogens with one attached hydrogen (secondary N) is 1. The van der Waals surface area contributed by atoms with E-state index in [1.54, 1.807) is 0 Å². The molecule has 1 fully saturated rings. The number of benzene rings is 2. The summed E-state index contributed by atoms with van der Waals surface area (Å²) in [5.74, 6) is 0. The zero-order chi connectivity index (χ0) is 13.1. The zero-order valence-electron chi connectivity index (χ0n) is 11.6. The SMILES string of the molecule is CCN(CCNC1CC1)c1cccc2ccccc12. The van der Waals surface area contributed by atoms with Crippen molar-refractivity contribution in [3.63, 3.8) is 0 Å². The van der Waals surface area contributed by atoms with Crippen molar-refractivity contribution in [1.82, 2.24) is 5.32 Å². The van der Waals surface area contributed by atoms with E-state index in [-0.39, 0.29) is 0 Å². The molecule has 100 valence electrons. The molecule has 2 nitrogen and oxygen atoms in total. The number of hydrogen-bond acceptors (Lipinski definition) is 2. The first-order valence-corrected chi connectivity index (χ1v) is 7.34. The quantitative estimate of drug-likeness (QED) is 0.849. The van der Waals surface area contributed by atoms with Gasteiger partial charge in [-0.2, -0.15) is 0 Å². The van der Waals surface area contributed by atoms with E-state index in [0.29, 0.717) is 0 Å². The fraction of sp³-hybridized carbons (Fsp3) is 0.412. The van der Waals surface area contributed by atoms with Gasteiger partial charge in [0.2, 0.25) is 0 Å². The number of likely N-dealkylation sites (N-methyl/N-ethyl adjacent to an activating group) is 1. The van der Waals surface area contributed by atoms with E-state index in [1.165, 1.54) is 29.3 Å². The van der Waals surface area contributed by atoms with Gasteiger partial charge in [-0.1, -0.05) is 36.4 Å². The third kappa shape index (κ3) is 2.90. The number of fused-ring (bicyclic) bond motifs is 1. The summed E-state index contributed by atoms with van der Waals surface area (Å²) in [5.41, 5.74) is 1.36. The average Bonchev–Trinajstić information content (AvgIpc) is 3.27. The Balaban J connectivity index is 1.79. The Hall–Kier alpha value is -1.54. The van der Waals surface area contributed by atoms with Gasteiger partial charge in [0.15, 0.2) is 0 Å². The fourth-order valence-electron chi connectivity index (χ4n) is 2.62. The summed E-state index contributed by atoms with van der Waals surface area (Å²) in [5, 5.41) is 6.28. The molecule has 2 aromatic carbocycles. The van der Waals surface area contributed by atoms with Crippen LogP contribution < -0.4 is 10.2 Å². The number of anilines is 1. The molecule has 0 atom stereocenters. The summed E-state index contributed by atoms with van der Waals surface area (Å²) in [6.45, 7) is 5.46. The van der Waals surface area contributed by atoms with Crippen molar-refractivity contribution in [2.75, 3.05) is 24.5 Å². The highest BCUT2D eigenvalue weighted by molar-refractivity contribution is 5.94. The molecule has 1 aliphatic carbocycles. The zero-order valence-corrected chi connectivity index (χ0v) is 11.6. The monoisotopic (exact) mass is 254 g/mol. The number of nitrogens with zero attached hydrogens (tertiary/aromatic N) is 1. The third-order valence-electron chi connectivity index (χ3n) is 3.88. The second-order valence-electron chi connectivity index (χ2n) is 5.31. The predicted molar refractivity (Wildman–Crippen MR) is 82.9 cm³/mol. The Morgan fingerprint density at radius 2 is 1.89 bits per heavy atom. The summed E-state index contributed by atoms with van der Waals surface area (Å²) in [6.07, 6.45) is 2.72. The highest BCUT2D eigenvalue weighted by Gasteiger charge is 2.20. The standard InChI is InChI=1S/C17H22N2/c1-2-19(13-12-18-15-10-11-15)17-9-5-7-14-6-3-4-8-16(14)17/h3-9,15,18H,2,10-13H2,1H3. The van der Waals surface area contributed by atoms with Crippen molar-refractivity contribution in [3.05, 3.63) is 42.5 Å². The van der Waals surface area contributed by atoms with E-state index >= 15 is 0 Å². The Kier molecular flexibility index (Phi) is 3.69. The largest absolute Gasteiger partial charge is 0.370 e. The molecule has 2 aromatic rings. The second kappa shape index (κ2) is 5.62. The van der Waals surface area contributed by atoms with Crippen molar-refractivity contribution in [3.8, 4) is 0 Å². The van der Waals surface area contributed by atoms with E-state index in [9.17, 15) is 0 Å². The third-order valence-corrected chi connectivity index (χ3v) is 3.88. The van der Waals surface area contributed by atoms with E-state index in [4.69, 9.17) is 0 Å². The average molecular weight is 254 g/mol. The minimum absolute atomic E-state index is 0.797. The van der Waals surface area contributed by atoms with E-state index in [0.717, 1.165) is 25.7 Å². The molecule has 1 aliphatic rings. The van der Waals surface area contributed by atoms with Gasteiger partial charge in [0.25, 0.3) is 0 Å². The van der Waals surface area contributed by atoms with Crippen LogP contribution in [0.5, 0.6) is 0 Å². The van der Waals surface area contributed by atoms with Gasteiger partial charge in [0, 0.05) is 36.7 Å². The van der Waals surface area contributed by atoms with Crippen LogP contribution >= 0.6 is 0 Å². The molecule has 0 aliphatic heterocycles. The molecule has 1 N–H and O–H groups in total. The first-order chi connectivity index (χ1) is 9.38. The predicted octanol–water partition coefficient (Wildman–Crippen LogP) is 3.42. The van der Waals surface area contributed by atoms with Gasteiger partial charge in [0.1, 0.15) is 0 Å². The molecule has 0 amide bonds. The van der Waals surface area contributed by atoms with Gasteiger partial charge >= 0.3 is 0 Å². The van der Waals surface area contributed by atoms with Crippen molar-refractivity contribution >= 4 is 16.5 Å². The molecule has 0 radical (unpaired) electrons. The first-order valence-electron chi connectivity index (χ1n) is 7.34. The van der Waals surface area contributed by atoms with Gasteiger partial charge in [0.05, 0.1) is 0 Å². The van der Waals surface area contributed by atoms with Gasteiger partial charge in [-0.05, 0) is 31.2 Å². The van der Waals surface area contributed by atoms with Gasteiger partial charge in [-0.15, -0.1) is 0 Å². The maximum atomic E-state index is 3.60. The maximum Gasteiger partial charge on any atom is 0.0446 e. The van der Waals surface area contributed by atoms with Crippen LogP contribution in [0.3, 0.4) is 0 Å². The Bertz CT molecular complexity index is 540. The lowest BCUT2D eigenvalue weighted by atomic mass is 10.1. The lowest BCUT2D eigenvalue weighted by molar-refractivity contribution is 0.662. The lowest BCUT2D eigenvalue weighted by Crippen LogP contribution is -2.33. The molecule has 0 spiro atoms. The fourth-order valence-corrected chi connectivity index (χ4v) is 2.62. The lowest BCUT2D eigenvalue weighted by Gasteiger charge is -2.25. The molecule has 0 unspecified atom stereocenters. The number of hydrogen-bond donors (Lipinski definition) is 1. The Morgan fingerprint density at radius 1 is 1.11 bits per heavy atom. The highest BCUT2D eigenvalue weighted by Crippen LogP contribution is 2.26. The maximum absolute atomic E-state index is 3.60. The minimum atomic E-state index is 0.797. The highest BCUT2D eigenvalue weighted by atomic mass is 15.1. The molecular formula is C17H22N2. The van der Waals surface area contributed by atoms with Crippen molar-refractivity contribution in [1.29, 1.82) is 0 Å². The van der Waals surface area contributed by atoms with Crippen LogP contribution in [0.15, 0.2) is 42.5 Å². The summed E-state index contributed by atoms with van der Waals surface area (Å²) in [7, 11) is 0. The number of rotatable bonds is 6. The van der Waals surface area contributed by atoms with Gasteiger partial charge < -0.3 is 10.2 Å². The van der Waals surface area contributed by atoms with Crippen LogP contribution in [0.25, 0.3) is 10.8 Å². The molecule has 1 saturated carbocycles. The van der Waals surface area contributed by atoms with Crippen LogP contribution in [-0.2, 0) is 0 Å². The van der Waals surface area contributed by atoms with Crippen LogP contribution in [-0.4, -0.2) is 25.7 Å². The van der Waals surface area contributed by atoms with Crippen molar-refractivity contribution in [2.45, 2.75) is 25.8 Å². The Labute approximate surface area is 115 Å². The summed E-state index contributed by atoms with van der Waals surface area (Å²) in [4.78, 5) is 2.47. The topological polar surface area (TPSA) is 15.3 Å². The smallest absolute Gasteiger partial charge is 0.0446 e. The molecule has 0 heterocycles. The summed E-state index contributed by atoms with van der Waals surface area (Å²) in [6, 6.07) is 16.0. The normalized spacial score (nSPS) is 14.8. The molecule has 19 heavy (non-hydrogen) atoms. The van der Waals surface area contributed by atoms with E-state index in [1.807, 2.05) is 0 Å². The molecule has 0 bridgehead atoms. The van der Waals surface area contributed by atoms with Crippen LogP contribution in [0, 0.1) is 0 Å². The second-order valence-corrected chi connectivity index (χ2v) is 5.31. The van der Waals surface area contributed by atoms with E-state index < -0.39 is 0 Å².